The summed E-state index contributed by atoms with van der Waals surface area (Å²) in [4.78, 5) is 20.9. The van der Waals surface area contributed by atoms with Crippen molar-refractivity contribution in [3.05, 3.63) is 0 Å². The minimum absolute atomic E-state index is 0.634. The molecule has 0 aliphatic carbocycles. The number of aliphatic carboxylic acids is 1. The number of aliphatic hydroxyl groups is 1. The van der Waals surface area contributed by atoms with Crippen molar-refractivity contribution < 1.29 is 19.8 Å². The molecule has 0 bridgehead atoms. The lowest BCUT2D eigenvalue weighted by Gasteiger charge is -2.08. The molecule has 2 unspecified atom stereocenters. The van der Waals surface area contributed by atoms with Crippen molar-refractivity contribution in [1.82, 2.24) is 5.32 Å². The van der Waals surface area contributed by atoms with Gasteiger partial charge in [0.15, 0.2) is 6.04 Å². The van der Waals surface area contributed by atoms with Crippen LogP contribution < -0.4 is 11.1 Å². The molecule has 6 heteroatoms. The fourth-order valence-corrected chi connectivity index (χ4v) is 0.905. The molecule has 1 rings (SSSR count). The number of hydrogen-bond donors (Lipinski definition) is 4. The van der Waals surface area contributed by atoms with E-state index in [1.54, 1.807) is 0 Å². The topological polar surface area (TPSA) is 113 Å². The number of nitrogens with one attached hydrogen (secondary N) is 1. The maximum absolute atomic E-state index is 10.6. The second-order valence-corrected chi connectivity index (χ2v) is 2.34. The molecular formula is C5H8N2O4. The normalized spacial score (nSPS) is 36.9. The molecule has 1 aliphatic rings. The van der Waals surface area contributed by atoms with E-state index in [0.29, 0.717) is 0 Å². The molecule has 0 spiro atoms. The molecule has 0 saturated carbocycles. The monoisotopic (exact) mass is 160 g/mol. The number of aliphatic hydroxyl groups excluding tert-OH is 1. The van der Waals surface area contributed by atoms with Gasteiger partial charge in [0, 0.05) is 0 Å². The Morgan fingerprint density at radius 2 is 2.18 bits per heavy atom. The third-order valence-electron chi connectivity index (χ3n) is 1.58. The van der Waals surface area contributed by atoms with Crippen LogP contribution in [0.3, 0.4) is 0 Å². The maximum Gasteiger partial charge on any atom is 0.329 e. The van der Waals surface area contributed by atoms with Crippen LogP contribution in [0.2, 0.25) is 0 Å². The second-order valence-electron chi connectivity index (χ2n) is 2.34. The molecule has 0 aromatic carbocycles. The number of carboxylic acid groups (broad SMARTS) is 1. The van der Waals surface area contributed by atoms with Crippen molar-refractivity contribution >= 4 is 11.9 Å². The summed E-state index contributed by atoms with van der Waals surface area (Å²) in [5, 5.41) is 19.4. The van der Waals surface area contributed by atoms with E-state index in [9.17, 15) is 9.59 Å². The summed E-state index contributed by atoms with van der Waals surface area (Å²) >= 11 is 0. The Hall–Kier alpha value is -1.14. The number of rotatable bonds is 1. The number of carbonyl (C=O) groups excluding carboxylic acids is 1. The summed E-state index contributed by atoms with van der Waals surface area (Å²) in [5.74, 6) is -1.91. The molecule has 0 aromatic heterocycles. The van der Waals surface area contributed by atoms with E-state index in [2.05, 4.69) is 0 Å². The van der Waals surface area contributed by atoms with Crippen LogP contribution in [-0.2, 0) is 9.59 Å². The van der Waals surface area contributed by atoms with E-state index in [4.69, 9.17) is 15.9 Å². The van der Waals surface area contributed by atoms with Gasteiger partial charge in [0.1, 0.15) is 12.1 Å². The summed E-state index contributed by atoms with van der Waals surface area (Å²) in [7, 11) is 0. The zero-order valence-corrected chi connectivity index (χ0v) is 5.52. The predicted octanol–water partition coefficient (Wildman–Crippen LogP) is -2.74. The molecule has 0 aromatic rings. The first kappa shape index (κ1) is 7.96. The Morgan fingerprint density at radius 1 is 1.64 bits per heavy atom. The van der Waals surface area contributed by atoms with Crippen molar-refractivity contribution in [2.24, 2.45) is 5.73 Å². The lowest BCUT2D eigenvalue weighted by Crippen LogP contribution is -2.42. The minimum atomic E-state index is -1.33. The first-order chi connectivity index (χ1) is 5.04. The van der Waals surface area contributed by atoms with Crippen LogP contribution in [0, 0.1) is 0 Å². The molecule has 6 nitrogen and oxygen atoms in total. The molecule has 1 saturated heterocycles. The highest BCUT2D eigenvalue weighted by Gasteiger charge is 2.42. The first-order valence-corrected chi connectivity index (χ1v) is 3.01. The van der Waals surface area contributed by atoms with Crippen LogP contribution in [0.5, 0.6) is 0 Å². The Balaban J connectivity index is 2.74. The minimum Gasteiger partial charge on any atom is -0.480 e. The fraction of sp³-hybridized carbons (Fsp3) is 0.600. The fourth-order valence-electron chi connectivity index (χ4n) is 0.905. The van der Waals surface area contributed by atoms with Gasteiger partial charge in [-0.1, -0.05) is 0 Å². The highest BCUT2D eigenvalue weighted by molar-refractivity contribution is 5.92. The van der Waals surface area contributed by atoms with Crippen LogP contribution in [0.4, 0.5) is 0 Å². The molecule has 1 heterocycles. The summed E-state index contributed by atoms with van der Waals surface area (Å²) in [6.07, 6.45) is -1.33. The number of hydrogen-bond acceptors (Lipinski definition) is 4. The van der Waals surface area contributed by atoms with Crippen LogP contribution in [0.15, 0.2) is 0 Å². The van der Waals surface area contributed by atoms with E-state index in [1.807, 2.05) is 5.32 Å². The summed E-state index contributed by atoms with van der Waals surface area (Å²) in [6.45, 7) is 0. The van der Waals surface area contributed by atoms with Gasteiger partial charge in [-0.3, -0.25) is 4.79 Å². The highest BCUT2D eigenvalue weighted by Crippen LogP contribution is 2.06. The summed E-state index contributed by atoms with van der Waals surface area (Å²) in [5.41, 5.74) is 5.12. The van der Waals surface area contributed by atoms with Crippen LogP contribution in [0.25, 0.3) is 0 Å². The lowest BCUT2D eigenvalue weighted by molar-refractivity contribution is -0.141. The zero-order chi connectivity index (χ0) is 8.59. The van der Waals surface area contributed by atoms with Crippen molar-refractivity contribution in [2.75, 3.05) is 0 Å². The Bertz CT molecular complexity index is 205. The van der Waals surface area contributed by atoms with E-state index >= 15 is 0 Å². The lowest BCUT2D eigenvalue weighted by atomic mass is 10.1. The molecular weight excluding hydrogens is 152 g/mol. The Morgan fingerprint density at radius 3 is 2.36 bits per heavy atom. The highest BCUT2D eigenvalue weighted by atomic mass is 16.4. The molecule has 0 radical (unpaired) electrons. The van der Waals surface area contributed by atoms with Gasteiger partial charge in [0.05, 0.1) is 0 Å². The summed E-state index contributed by atoms with van der Waals surface area (Å²) in [6, 6.07) is -2.39. The van der Waals surface area contributed by atoms with E-state index in [-0.39, 0.29) is 0 Å². The van der Waals surface area contributed by atoms with Crippen molar-refractivity contribution in [3.63, 3.8) is 0 Å². The maximum atomic E-state index is 10.6. The molecule has 3 atom stereocenters. The van der Waals surface area contributed by atoms with Crippen LogP contribution in [-0.4, -0.2) is 40.3 Å². The second kappa shape index (κ2) is 2.48. The molecule has 1 amide bonds. The van der Waals surface area contributed by atoms with Gasteiger partial charge >= 0.3 is 5.97 Å². The van der Waals surface area contributed by atoms with Crippen molar-refractivity contribution in [2.45, 2.75) is 18.2 Å². The van der Waals surface area contributed by atoms with E-state index < -0.39 is 30.1 Å². The smallest absolute Gasteiger partial charge is 0.329 e. The van der Waals surface area contributed by atoms with E-state index in [0.717, 1.165) is 0 Å². The summed E-state index contributed by atoms with van der Waals surface area (Å²) < 4.78 is 0. The van der Waals surface area contributed by atoms with Gasteiger partial charge in [-0.2, -0.15) is 0 Å². The average Bonchev–Trinajstić information content (AvgIpc) is 2.17. The third-order valence-corrected chi connectivity index (χ3v) is 1.58. The number of carbonyl (C=O) groups is 2. The van der Waals surface area contributed by atoms with Crippen LogP contribution in [0.1, 0.15) is 0 Å². The van der Waals surface area contributed by atoms with Gasteiger partial charge in [0.25, 0.3) is 0 Å². The van der Waals surface area contributed by atoms with Gasteiger partial charge in [-0.25, -0.2) is 4.79 Å². The number of nitrogens with two attached hydrogens (primary N) is 1. The SMILES string of the molecule is NC1C(=O)N[C@H](C(=O)O)C1O. The van der Waals surface area contributed by atoms with Gasteiger partial charge < -0.3 is 21.3 Å². The van der Waals surface area contributed by atoms with E-state index in [1.165, 1.54) is 0 Å². The quantitative estimate of drug-likeness (QED) is 0.332. The largest absolute Gasteiger partial charge is 0.480 e. The zero-order valence-electron chi connectivity index (χ0n) is 5.52. The average molecular weight is 160 g/mol. The van der Waals surface area contributed by atoms with Gasteiger partial charge in [-0.15, -0.1) is 0 Å². The van der Waals surface area contributed by atoms with Crippen molar-refractivity contribution in [3.8, 4) is 0 Å². The standard InChI is InChI=1S/C5H8N2O4/c6-1-3(8)2(5(10)11)7-4(1)9/h1-3,8H,6H2,(H,7,9)(H,10,11)/t1?,2-,3?/m0/s1. The number of carboxylic acids is 1. The molecule has 11 heavy (non-hydrogen) atoms. The first-order valence-electron chi connectivity index (χ1n) is 3.01. The molecule has 5 N–H and O–H groups in total. The molecule has 1 fully saturated rings. The van der Waals surface area contributed by atoms with Gasteiger partial charge in [-0.05, 0) is 0 Å². The van der Waals surface area contributed by atoms with Crippen LogP contribution >= 0.6 is 0 Å². The molecule has 1 aliphatic heterocycles. The van der Waals surface area contributed by atoms with Gasteiger partial charge in [0.2, 0.25) is 5.91 Å². The Kier molecular flexibility index (Phi) is 1.79. The molecule has 62 valence electrons. The number of amides is 1. The Labute approximate surface area is 62.0 Å². The predicted molar refractivity (Wildman–Crippen MR) is 33.5 cm³/mol. The van der Waals surface area contributed by atoms with Crippen molar-refractivity contribution in [1.29, 1.82) is 0 Å². The third kappa shape index (κ3) is 1.17.